The molecule has 2 aromatic rings. The van der Waals surface area contributed by atoms with Crippen molar-refractivity contribution in [2.24, 2.45) is 5.92 Å². The van der Waals surface area contributed by atoms with E-state index in [1.54, 1.807) is 7.11 Å². The van der Waals surface area contributed by atoms with Gasteiger partial charge < -0.3 is 14.4 Å². The number of fused-ring (bicyclic) bond motifs is 2. The molecule has 2 aliphatic carbocycles. The molecular formula is C29H37NO3. The lowest BCUT2D eigenvalue weighted by Crippen LogP contribution is -2.41. The van der Waals surface area contributed by atoms with E-state index in [0.29, 0.717) is 5.91 Å². The first-order chi connectivity index (χ1) is 16.0. The second-order valence-electron chi connectivity index (χ2n) is 10.6. The number of hydrogen-bond acceptors (Lipinski definition) is 3. The van der Waals surface area contributed by atoms with Crippen LogP contribution in [0.1, 0.15) is 70.8 Å². The Kier molecular flexibility index (Phi) is 6.22. The Hall–Kier alpha value is -2.33. The summed E-state index contributed by atoms with van der Waals surface area (Å²) in [4.78, 5) is 15.8. The van der Waals surface area contributed by atoms with Crippen LogP contribution in [-0.4, -0.2) is 31.8 Å². The minimum atomic E-state index is 0.0845. The van der Waals surface area contributed by atoms with Gasteiger partial charge in [0.1, 0.15) is 5.75 Å². The molecule has 0 aromatic heterocycles. The van der Waals surface area contributed by atoms with Crippen LogP contribution in [-0.2, 0) is 14.9 Å². The monoisotopic (exact) mass is 447 g/mol. The third-order valence-electron chi connectivity index (χ3n) is 8.01. The number of hydrogen-bond donors (Lipinski definition) is 0. The Bertz CT molecular complexity index is 990. The van der Waals surface area contributed by atoms with Gasteiger partial charge in [-0.15, -0.1) is 0 Å². The molecule has 2 aromatic carbocycles. The average molecular weight is 448 g/mol. The van der Waals surface area contributed by atoms with E-state index in [9.17, 15) is 4.79 Å². The number of amides is 1. The first-order valence-corrected chi connectivity index (χ1v) is 12.7. The number of anilines is 1. The van der Waals surface area contributed by atoms with Crippen molar-refractivity contribution in [1.29, 1.82) is 0 Å². The van der Waals surface area contributed by atoms with E-state index < -0.39 is 0 Å². The Morgan fingerprint density at radius 2 is 1.73 bits per heavy atom. The summed E-state index contributed by atoms with van der Waals surface area (Å²) < 4.78 is 11.4. The smallest absolute Gasteiger partial charge is 0.230 e. The summed E-state index contributed by atoms with van der Waals surface area (Å²) in [5.41, 5.74) is 5.07. The topological polar surface area (TPSA) is 38.8 Å². The maximum Gasteiger partial charge on any atom is 0.230 e. The van der Waals surface area contributed by atoms with E-state index in [1.165, 1.54) is 42.4 Å². The van der Waals surface area contributed by atoms with Gasteiger partial charge in [0.2, 0.25) is 5.91 Å². The lowest BCUT2D eigenvalue weighted by atomic mass is 9.80. The Morgan fingerprint density at radius 1 is 1.00 bits per heavy atom. The molecule has 3 aliphatic rings. The van der Waals surface area contributed by atoms with Crippen molar-refractivity contribution in [1.82, 2.24) is 0 Å². The fourth-order valence-electron chi connectivity index (χ4n) is 6.33. The van der Waals surface area contributed by atoms with Gasteiger partial charge in [-0.05, 0) is 86.9 Å². The predicted octanol–water partition coefficient (Wildman–Crippen LogP) is 6.50. The maximum atomic E-state index is 13.7. The van der Waals surface area contributed by atoms with Crippen LogP contribution in [0.4, 0.5) is 5.69 Å². The van der Waals surface area contributed by atoms with Crippen molar-refractivity contribution in [3.63, 3.8) is 0 Å². The molecule has 5 rings (SSSR count). The highest BCUT2D eigenvalue weighted by molar-refractivity contribution is 5.98. The fraction of sp³-hybridized carbons (Fsp3) is 0.552. The van der Waals surface area contributed by atoms with Gasteiger partial charge in [-0.25, -0.2) is 0 Å². The molecule has 1 amide bonds. The van der Waals surface area contributed by atoms with Crippen molar-refractivity contribution < 1.29 is 14.3 Å². The quantitative estimate of drug-likeness (QED) is 0.525. The molecule has 0 radical (unpaired) electrons. The molecule has 2 unspecified atom stereocenters. The van der Waals surface area contributed by atoms with E-state index in [4.69, 9.17) is 9.47 Å². The molecule has 176 valence electrons. The minimum Gasteiger partial charge on any atom is -0.491 e. The van der Waals surface area contributed by atoms with Crippen LogP contribution in [0.2, 0.25) is 0 Å². The molecule has 4 nitrogen and oxygen atoms in total. The summed E-state index contributed by atoms with van der Waals surface area (Å²) in [6.45, 7) is 4.94. The molecule has 33 heavy (non-hydrogen) atoms. The van der Waals surface area contributed by atoms with Crippen LogP contribution >= 0.6 is 0 Å². The number of carbonyl (C=O) groups is 1. The molecule has 1 heterocycles. The number of methoxy groups -OCH3 is 1. The third kappa shape index (κ3) is 4.30. The average Bonchev–Trinajstić information content (AvgIpc) is 3.44. The van der Waals surface area contributed by atoms with Gasteiger partial charge in [0.25, 0.3) is 0 Å². The Balaban J connectivity index is 1.45. The zero-order valence-electron chi connectivity index (χ0n) is 20.3. The van der Waals surface area contributed by atoms with Crippen molar-refractivity contribution in [2.75, 3.05) is 18.6 Å². The van der Waals surface area contributed by atoms with E-state index in [1.807, 2.05) is 13.8 Å². The highest BCUT2D eigenvalue weighted by Crippen LogP contribution is 2.52. The SMILES string of the molecule is COC1CCCC(C(=O)N2CC3(CCCC3)c3cc(-c4ccc(OC(C)C)cc4)ccc32)C1. The third-order valence-corrected chi connectivity index (χ3v) is 8.01. The molecule has 1 aliphatic heterocycles. The van der Waals surface area contributed by atoms with Gasteiger partial charge in [0.15, 0.2) is 0 Å². The molecule has 0 bridgehead atoms. The molecule has 4 heteroatoms. The minimum absolute atomic E-state index is 0.0845. The molecule has 2 saturated carbocycles. The van der Waals surface area contributed by atoms with E-state index in [0.717, 1.165) is 43.7 Å². The van der Waals surface area contributed by atoms with Gasteiger partial charge in [-0.1, -0.05) is 37.5 Å². The van der Waals surface area contributed by atoms with Gasteiger partial charge in [0.05, 0.1) is 12.2 Å². The number of rotatable bonds is 5. The summed E-state index contributed by atoms with van der Waals surface area (Å²) in [6, 6.07) is 15.1. The zero-order valence-corrected chi connectivity index (χ0v) is 20.3. The van der Waals surface area contributed by atoms with E-state index >= 15 is 0 Å². The fourth-order valence-corrected chi connectivity index (χ4v) is 6.33. The molecule has 0 N–H and O–H groups in total. The van der Waals surface area contributed by atoms with Gasteiger partial charge in [0, 0.05) is 30.7 Å². The molecular weight excluding hydrogens is 410 g/mol. The van der Waals surface area contributed by atoms with Crippen LogP contribution in [0, 0.1) is 5.92 Å². The number of nitrogens with zero attached hydrogens (tertiary/aromatic N) is 1. The van der Waals surface area contributed by atoms with Crippen molar-refractivity contribution in [3.05, 3.63) is 48.0 Å². The summed E-state index contributed by atoms with van der Waals surface area (Å²) in [6.07, 6.45) is 9.26. The van der Waals surface area contributed by atoms with Gasteiger partial charge in [-0.2, -0.15) is 0 Å². The van der Waals surface area contributed by atoms with Crippen molar-refractivity contribution >= 4 is 11.6 Å². The lowest BCUT2D eigenvalue weighted by molar-refractivity contribution is -0.124. The highest BCUT2D eigenvalue weighted by atomic mass is 16.5. The highest BCUT2D eigenvalue weighted by Gasteiger charge is 2.47. The van der Waals surface area contributed by atoms with E-state index in [-0.39, 0.29) is 23.5 Å². The Morgan fingerprint density at radius 3 is 2.42 bits per heavy atom. The number of ether oxygens (including phenoxy) is 2. The standard InChI is InChI=1S/C29H37NO3/c1-20(2)33-24-12-9-21(10-13-24)22-11-14-27-26(18-22)29(15-4-5-16-29)19-30(27)28(31)23-7-6-8-25(17-23)32-3/h9-14,18,20,23,25H,4-8,15-17,19H2,1-3H3. The van der Waals surface area contributed by atoms with Crippen LogP contribution in [0.25, 0.3) is 11.1 Å². The van der Waals surface area contributed by atoms with E-state index in [2.05, 4.69) is 47.4 Å². The van der Waals surface area contributed by atoms with Crippen LogP contribution in [0.5, 0.6) is 5.75 Å². The second-order valence-corrected chi connectivity index (χ2v) is 10.6. The summed E-state index contributed by atoms with van der Waals surface area (Å²) in [5, 5.41) is 0. The predicted molar refractivity (Wildman–Crippen MR) is 133 cm³/mol. The first-order valence-electron chi connectivity index (χ1n) is 12.7. The largest absolute Gasteiger partial charge is 0.491 e. The van der Waals surface area contributed by atoms with Crippen molar-refractivity contribution in [3.8, 4) is 16.9 Å². The van der Waals surface area contributed by atoms with Gasteiger partial charge >= 0.3 is 0 Å². The number of carbonyl (C=O) groups excluding carboxylic acids is 1. The van der Waals surface area contributed by atoms with Crippen molar-refractivity contribution in [2.45, 2.75) is 82.8 Å². The number of benzene rings is 2. The lowest BCUT2D eigenvalue weighted by Gasteiger charge is -2.31. The van der Waals surface area contributed by atoms with Crippen LogP contribution in [0.15, 0.2) is 42.5 Å². The zero-order chi connectivity index (χ0) is 23.0. The molecule has 1 spiro atoms. The Labute approximate surface area is 198 Å². The first kappa shape index (κ1) is 22.5. The maximum absolute atomic E-state index is 13.7. The summed E-state index contributed by atoms with van der Waals surface area (Å²) in [7, 11) is 1.78. The molecule has 0 saturated heterocycles. The second kappa shape index (κ2) is 9.13. The van der Waals surface area contributed by atoms with Crippen LogP contribution < -0.4 is 9.64 Å². The normalized spacial score (nSPS) is 23.8. The molecule has 2 fully saturated rings. The molecule has 2 atom stereocenters. The van der Waals surface area contributed by atoms with Gasteiger partial charge in [-0.3, -0.25) is 4.79 Å². The van der Waals surface area contributed by atoms with Crippen LogP contribution in [0.3, 0.4) is 0 Å². The summed E-state index contributed by atoms with van der Waals surface area (Å²) >= 11 is 0. The summed E-state index contributed by atoms with van der Waals surface area (Å²) in [5.74, 6) is 1.30.